The van der Waals surface area contributed by atoms with Crippen molar-refractivity contribution in [1.29, 1.82) is 0 Å². The number of halogens is 1. The molecule has 3 rings (SSSR count). The lowest BCUT2D eigenvalue weighted by molar-refractivity contribution is -0.661. The smallest absolute Gasteiger partial charge is 0.137 e. The molecular weight excluding hydrogens is 458 g/mol. The molecule has 1 aliphatic heterocycles. The van der Waals surface area contributed by atoms with E-state index in [2.05, 4.69) is 25.4 Å². The number of benzene rings is 2. The molecule has 9 heteroatoms. The van der Waals surface area contributed by atoms with Crippen molar-refractivity contribution in [2.24, 2.45) is 0 Å². The molecule has 34 heavy (non-hydrogen) atoms. The van der Waals surface area contributed by atoms with Crippen LogP contribution in [0.5, 0.6) is 11.5 Å². The van der Waals surface area contributed by atoms with Crippen molar-refractivity contribution in [3.8, 4) is 11.5 Å². The van der Waals surface area contributed by atoms with E-state index in [0.29, 0.717) is 18.0 Å². The zero-order valence-electron chi connectivity index (χ0n) is 19.9. The summed E-state index contributed by atoms with van der Waals surface area (Å²) in [6, 6.07) is 13.9. The van der Waals surface area contributed by atoms with Crippen molar-refractivity contribution in [1.82, 2.24) is 10.5 Å². The highest BCUT2D eigenvalue weighted by Gasteiger charge is 2.24. The first kappa shape index (κ1) is 26.3. The van der Waals surface area contributed by atoms with E-state index in [1.165, 1.54) is 0 Å². The molecule has 0 aromatic heterocycles. The summed E-state index contributed by atoms with van der Waals surface area (Å²) < 4.78 is 11.5. The van der Waals surface area contributed by atoms with E-state index in [9.17, 15) is 15.3 Å². The molecule has 2 aromatic carbocycles. The van der Waals surface area contributed by atoms with Crippen LogP contribution in [0.2, 0.25) is 0 Å². The molecule has 186 valence electrons. The number of hydrogen-bond donors (Lipinski definition) is 5. The molecule has 0 aliphatic carbocycles. The van der Waals surface area contributed by atoms with Crippen molar-refractivity contribution in [2.75, 3.05) is 32.2 Å². The van der Waals surface area contributed by atoms with Gasteiger partial charge < -0.3 is 24.8 Å². The first-order valence-corrected chi connectivity index (χ1v) is 11.8. The maximum atomic E-state index is 10.3. The Bertz CT molecular complexity index is 968. The molecule has 0 spiro atoms. The van der Waals surface area contributed by atoms with Gasteiger partial charge in [-0.05, 0) is 41.8 Å². The summed E-state index contributed by atoms with van der Waals surface area (Å²) in [7, 11) is 0. The lowest BCUT2D eigenvalue weighted by Gasteiger charge is -2.27. The average molecular weight is 493 g/mol. The summed E-state index contributed by atoms with van der Waals surface area (Å²) in [5, 5.41) is 30.9. The van der Waals surface area contributed by atoms with Crippen LogP contribution in [0.15, 0.2) is 54.4 Å². The van der Waals surface area contributed by atoms with Crippen molar-refractivity contribution >= 4 is 11.6 Å². The van der Waals surface area contributed by atoms with Gasteiger partial charge in [-0.3, -0.25) is 5.01 Å². The van der Waals surface area contributed by atoms with Crippen LogP contribution < -0.4 is 20.4 Å². The third-order valence-corrected chi connectivity index (χ3v) is 6.29. The quantitative estimate of drug-likeness (QED) is 0.223. The fourth-order valence-electron chi connectivity index (χ4n) is 3.73. The van der Waals surface area contributed by atoms with Crippen LogP contribution in [0.4, 0.5) is 0 Å². The van der Waals surface area contributed by atoms with E-state index in [1.54, 1.807) is 16.6 Å². The van der Waals surface area contributed by atoms with E-state index < -0.39 is 12.2 Å². The van der Waals surface area contributed by atoms with Gasteiger partial charge in [-0.2, -0.15) is 0 Å². The predicted molar refractivity (Wildman–Crippen MR) is 130 cm³/mol. The van der Waals surface area contributed by atoms with Gasteiger partial charge in [0, 0.05) is 5.41 Å². The number of hydrazine groups is 1. The van der Waals surface area contributed by atoms with Crippen molar-refractivity contribution < 1.29 is 30.2 Å². The number of ether oxygens (including phenoxy) is 2. The normalized spacial score (nSPS) is 15.7. The maximum Gasteiger partial charge on any atom is 0.137 e. The number of hydrogen-bond acceptors (Lipinski definition) is 7. The number of nitrogens with zero attached hydrogens (tertiary/aromatic N) is 1. The Morgan fingerprint density at radius 1 is 1.03 bits per heavy atom. The number of aryl methyl sites for hydroxylation is 1. The molecule has 2 atom stereocenters. The average Bonchev–Trinajstić information content (AvgIpc) is 3.28. The highest BCUT2D eigenvalue weighted by Crippen LogP contribution is 2.34. The molecule has 0 radical (unpaired) electrons. The summed E-state index contributed by atoms with van der Waals surface area (Å²) >= 11 is 5.63. The predicted octanol–water partition coefficient (Wildman–Crippen LogP) is 1.17. The molecule has 0 saturated heterocycles. The van der Waals surface area contributed by atoms with Gasteiger partial charge in [-0.1, -0.05) is 43.6 Å². The fraction of sp³-hybridized carbons (Fsp3) is 0.440. The standard InChI is InChI=1S/C25H34ClN3O5/c1-17-10-19(6-9-24(17)34-15-21(31)11-26)25(2,3)18-4-7-23(8-5-18)33-16-22(32)13-29-20(14-30)12-27-28-29/h4-10,12,21-22,27-28,30-32H,11,13-16H2,1-3H3/p+1. The first-order chi connectivity index (χ1) is 16.2. The van der Waals surface area contributed by atoms with Crippen LogP contribution in [0.1, 0.15) is 30.5 Å². The van der Waals surface area contributed by atoms with Crippen LogP contribution in [0, 0.1) is 6.92 Å². The number of β-amino-alcohol motifs (C(OH)–C–C–N with tert-alkyl or cyclic N) is 1. The summed E-state index contributed by atoms with van der Waals surface area (Å²) in [6.45, 7) is 6.81. The van der Waals surface area contributed by atoms with Crippen LogP contribution >= 0.6 is 11.6 Å². The van der Waals surface area contributed by atoms with E-state index in [4.69, 9.17) is 21.1 Å². The van der Waals surface area contributed by atoms with Gasteiger partial charge in [0.1, 0.15) is 48.8 Å². The summed E-state index contributed by atoms with van der Waals surface area (Å²) in [6.07, 6.45) is 0.353. The van der Waals surface area contributed by atoms with E-state index in [-0.39, 0.29) is 31.1 Å². The Hall–Kier alpha value is -2.33. The second kappa shape index (κ2) is 11.9. The number of aliphatic hydroxyl groups is 3. The Balaban J connectivity index is 1.58. The Morgan fingerprint density at radius 3 is 2.35 bits per heavy atom. The third-order valence-electron chi connectivity index (χ3n) is 5.93. The second-order valence-corrected chi connectivity index (χ2v) is 9.24. The third kappa shape index (κ3) is 6.63. The van der Waals surface area contributed by atoms with Gasteiger partial charge >= 0.3 is 0 Å². The minimum absolute atomic E-state index is 0.0965. The van der Waals surface area contributed by atoms with E-state index in [1.807, 2.05) is 43.3 Å². The molecule has 2 aromatic rings. The summed E-state index contributed by atoms with van der Waals surface area (Å²) in [5.74, 6) is 1.55. The molecule has 0 fully saturated rings. The first-order valence-electron chi connectivity index (χ1n) is 11.3. The molecule has 0 bridgehead atoms. The van der Waals surface area contributed by atoms with E-state index in [0.717, 1.165) is 22.4 Å². The van der Waals surface area contributed by atoms with Crippen LogP contribution in [0.25, 0.3) is 0 Å². The molecule has 6 N–H and O–H groups in total. The number of quaternary nitrogens is 1. The van der Waals surface area contributed by atoms with Gasteiger partial charge in [-0.25, -0.2) is 5.43 Å². The molecule has 1 aliphatic rings. The largest absolute Gasteiger partial charge is 0.491 e. The lowest BCUT2D eigenvalue weighted by Crippen LogP contribution is -2.87. The van der Waals surface area contributed by atoms with Crippen molar-refractivity contribution in [2.45, 2.75) is 38.4 Å². The number of alkyl halides is 1. The Kier molecular flexibility index (Phi) is 9.18. The molecule has 1 heterocycles. The Labute approximate surface area is 205 Å². The molecule has 8 nitrogen and oxygen atoms in total. The zero-order chi connectivity index (χ0) is 24.7. The summed E-state index contributed by atoms with van der Waals surface area (Å²) in [4.78, 5) is 0. The molecule has 2 unspecified atom stereocenters. The van der Waals surface area contributed by atoms with Gasteiger partial charge in [0.25, 0.3) is 0 Å². The molecule has 0 amide bonds. The molecule has 0 saturated carbocycles. The van der Waals surface area contributed by atoms with Gasteiger partial charge in [0.15, 0.2) is 0 Å². The van der Waals surface area contributed by atoms with Crippen LogP contribution in [0.3, 0.4) is 0 Å². The molecular formula is C25H35ClN3O5+. The Morgan fingerprint density at radius 2 is 1.71 bits per heavy atom. The summed E-state index contributed by atoms with van der Waals surface area (Å²) in [5.41, 5.74) is 8.39. The van der Waals surface area contributed by atoms with Crippen molar-refractivity contribution in [3.63, 3.8) is 0 Å². The fourth-order valence-corrected chi connectivity index (χ4v) is 3.81. The number of nitrogens with two attached hydrogens (primary N) is 1. The number of rotatable bonds is 12. The zero-order valence-corrected chi connectivity index (χ0v) is 20.6. The minimum atomic E-state index is -0.723. The van der Waals surface area contributed by atoms with Gasteiger partial charge in [-0.15, -0.1) is 11.6 Å². The van der Waals surface area contributed by atoms with E-state index >= 15 is 0 Å². The number of nitrogens with one attached hydrogen (secondary N) is 1. The minimum Gasteiger partial charge on any atom is -0.491 e. The topological polar surface area (TPSA) is 111 Å². The van der Waals surface area contributed by atoms with Gasteiger partial charge in [0.2, 0.25) is 0 Å². The van der Waals surface area contributed by atoms with Crippen LogP contribution in [-0.4, -0.2) is 64.8 Å². The number of aliphatic hydroxyl groups excluding tert-OH is 3. The maximum absolute atomic E-state index is 10.3. The lowest BCUT2D eigenvalue weighted by atomic mass is 9.77. The monoisotopic (exact) mass is 492 g/mol. The highest BCUT2D eigenvalue weighted by atomic mass is 35.5. The SMILES string of the molecule is Cc1cc(C(C)(C)c2ccc(OCC(O)CN3N[NH2+]C=C3CO)cc2)ccc1OCC(O)CCl. The second-order valence-electron chi connectivity index (χ2n) is 8.94. The van der Waals surface area contributed by atoms with Crippen LogP contribution in [-0.2, 0) is 5.41 Å². The highest BCUT2D eigenvalue weighted by molar-refractivity contribution is 6.18. The van der Waals surface area contributed by atoms with Gasteiger partial charge in [0.05, 0.1) is 19.0 Å². The van der Waals surface area contributed by atoms with Crippen molar-refractivity contribution in [3.05, 3.63) is 71.1 Å².